The van der Waals surface area contributed by atoms with Crippen molar-refractivity contribution < 1.29 is 28.3 Å². The fourth-order valence-electron chi connectivity index (χ4n) is 1.62. The minimum Gasteiger partial charge on any atom is -0.453 e. The Labute approximate surface area is 131 Å². The molecule has 0 aliphatic carbocycles. The Hall–Kier alpha value is -3.16. The lowest BCUT2D eigenvalue weighted by atomic mass is 10.3. The number of alkyl carbamates (subject to hydrolysis) is 1. The standard InChI is InChI=1S/C15H14N2O6/c1-9(14(19)17-15(20)21-2)22-13(18)8-7-12-16-10-5-3-4-6-11(10)23-12/h3-9H,1-2H3,(H,17,19,20)/b8-7+/t9-/m1/s1. The van der Waals surface area contributed by atoms with E-state index in [1.54, 1.807) is 18.2 Å². The maximum absolute atomic E-state index is 11.6. The lowest BCUT2D eigenvalue weighted by Crippen LogP contribution is -2.39. The molecule has 0 unspecified atom stereocenters. The van der Waals surface area contributed by atoms with E-state index < -0.39 is 24.1 Å². The topological polar surface area (TPSA) is 108 Å². The monoisotopic (exact) mass is 318 g/mol. The highest BCUT2D eigenvalue weighted by Crippen LogP contribution is 2.15. The maximum Gasteiger partial charge on any atom is 0.413 e. The van der Waals surface area contributed by atoms with Crippen molar-refractivity contribution in [1.29, 1.82) is 0 Å². The van der Waals surface area contributed by atoms with Crippen LogP contribution in [-0.2, 0) is 19.1 Å². The number of nitrogens with zero attached hydrogens (tertiary/aromatic N) is 1. The van der Waals surface area contributed by atoms with Crippen molar-refractivity contribution >= 4 is 35.1 Å². The van der Waals surface area contributed by atoms with Crippen LogP contribution in [-0.4, -0.2) is 36.2 Å². The number of esters is 1. The molecule has 0 bridgehead atoms. The predicted octanol–water partition coefficient (Wildman–Crippen LogP) is 1.66. The lowest BCUT2D eigenvalue weighted by molar-refractivity contribution is -0.149. The number of ether oxygens (including phenoxy) is 2. The summed E-state index contributed by atoms with van der Waals surface area (Å²) in [6.07, 6.45) is 0.315. The molecule has 0 radical (unpaired) electrons. The molecule has 2 amide bonds. The van der Waals surface area contributed by atoms with Gasteiger partial charge < -0.3 is 13.9 Å². The fourth-order valence-corrected chi connectivity index (χ4v) is 1.62. The summed E-state index contributed by atoms with van der Waals surface area (Å²) in [6, 6.07) is 7.13. The Balaban J connectivity index is 1.93. The molecule has 8 heteroatoms. The normalized spacial score (nSPS) is 12.1. The zero-order valence-corrected chi connectivity index (χ0v) is 12.4. The van der Waals surface area contributed by atoms with E-state index in [-0.39, 0.29) is 5.89 Å². The number of carbonyl (C=O) groups excluding carboxylic acids is 3. The third-order valence-electron chi connectivity index (χ3n) is 2.75. The van der Waals surface area contributed by atoms with Crippen LogP contribution in [0, 0.1) is 0 Å². The van der Waals surface area contributed by atoms with Crippen molar-refractivity contribution in [1.82, 2.24) is 10.3 Å². The van der Waals surface area contributed by atoms with Gasteiger partial charge in [-0.25, -0.2) is 14.6 Å². The van der Waals surface area contributed by atoms with Gasteiger partial charge >= 0.3 is 12.1 Å². The van der Waals surface area contributed by atoms with Gasteiger partial charge in [-0.2, -0.15) is 0 Å². The van der Waals surface area contributed by atoms with Gasteiger partial charge in [-0.1, -0.05) is 12.1 Å². The van der Waals surface area contributed by atoms with Crippen LogP contribution in [0.5, 0.6) is 0 Å². The van der Waals surface area contributed by atoms with E-state index in [0.717, 1.165) is 13.2 Å². The minimum absolute atomic E-state index is 0.231. The van der Waals surface area contributed by atoms with Crippen LogP contribution in [0.1, 0.15) is 12.8 Å². The first-order chi connectivity index (χ1) is 11.0. The maximum atomic E-state index is 11.6. The molecule has 1 N–H and O–H groups in total. The number of rotatable bonds is 4. The molecule has 0 saturated heterocycles. The molecule has 0 saturated carbocycles. The number of methoxy groups -OCH3 is 1. The number of amides is 2. The van der Waals surface area contributed by atoms with Crippen molar-refractivity contribution in [3.63, 3.8) is 0 Å². The number of imide groups is 1. The largest absolute Gasteiger partial charge is 0.453 e. The molecule has 120 valence electrons. The van der Waals surface area contributed by atoms with Crippen molar-refractivity contribution in [3.05, 3.63) is 36.2 Å². The van der Waals surface area contributed by atoms with E-state index >= 15 is 0 Å². The van der Waals surface area contributed by atoms with Gasteiger partial charge in [-0.05, 0) is 19.1 Å². The van der Waals surface area contributed by atoms with E-state index in [4.69, 9.17) is 9.15 Å². The third-order valence-corrected chi connectivity index (χ3v) is 2.75. The average Bonchev–Trinajstić information content (AvgIpc) is 2.95. The molecule has 2 rings (SSSR count). The van der Waals surface area contributed by atoms with Crippen LogP contribution in [0.3, 0.4) is 0 Å². The molecular formula is C15H14N2O6. The van der Waals surface area contributed by atoms with Crippen molar-refractivity contribution in [2.75, 3.05) is 7.11 Å². The number of hydrogen-bond acceptors (Lipinski definition) is 7. The Morgan fingerprint density at radius 3 is 2.74 bits per heavy atom. The van der Waals surface area contributed by atoms with Crippen LogP contribution >= 0.6 is 0 Å². The van der Waals surface area contributed by atoms with Crippen LogP contribution in [0.15, 0.2) is 34.8 Å². The van der Waals surface area contributed by atoms with Crippen molar-refractivity contribution in [2.24, 2.45) is 0 Å². The van der Waals surface area contributed by atoms with Crippen LogP contribution in [0.4, 0.5) is 4.79 Å². The first-order valence-electron chi connectivity index (χ1n) is 6.62. The van der Waals surface area contributed by atoms with Gasteiger partial charge in [0.25, 0.3) is 5.91 Å². The van der Waals surface area contributed by atoms with Crippen molar-refractivity contribution in [3.8, 4) is 0 Å². The van der Waals surface area contributed by atoms with E-state index in [1.165, 1.54) is 13.0 Å². The molecular weight excluding hydrogens is 304 g/mol. The van der Waals surface area contributed by atoms with Gasteiger partial charge in [-0.3, -0.25) is 10.1 Å². The highest BCUT2D eigenvalue weighted by atomic mass is 16.6. The number of hydrogen-bond donors (Lipinski definition) is 1. The summed E-state index contributed by atoms with van der Waals surface area (Å²) in [5.74, 6) is -1.34. The summed E-state index contributed by atoms with van der Waals surface area (Å²) < 4.78 is 14.5. The molecule has 2 aromatic rings. The zero-order valence-electron chi connectivity index (χ0n) is 12.4. The highest BCUT2D eigenvalue weighted by molar-refractivity contribution is 5.96. The Morgan fingerprint density at radius 2 is 2.04 bits per heavy atom. The summed E-state index contributed by atoms with van der Waals surface area (Å²) in [5, 5.41) is 1.89. The lowest BCUT2D eigenvalue weighted by Gasteiger charge is -2.10. The summed E-state index contributed by atoms with van der Waals surface area (Å²) >= 11 is 0. The van der Waals surface area contributed by atoms with Gasteiger partial charge in [0.15, 0.2) is 11.7 Å². The number of carbonyl (C=O) groups is 3. The number of aromatic nitrogens is 1. The first-order valence-corrected chi connectivity index (χ1v) is 6.62. The smallest absolute Gasteiger partial charge is 0.413 e. The third kappa shape index (κ3) is 4.40. The highest BCUT2D eigenvalue weighted by Gasteiger charge is 2.19. The zero-order chi connectivity index (χ0) is 16.8. The minimum atomic E-state index is -1.16. The Bertz CT molecular complexity index is 731. The summed E-state index contributed by atoms with van der Waals surface area (Å²) in [6.45, 7) is 1.32. The van der Waals surface area contributed by atoms with E-state index in [1.807, 2.05) is 11.4 Å². The number of oxazole rings is 1. The second-order valence-electron chi connectivity index (χ2n) is 4.41. The van der Waals surface area contributed by atoms with E-state index in [9.17, 15) is 14.4 Å². The number of fused-ring (bicyclic) bond motifs is 1. The summed E-state index contributed by atoms with van der Waals surface area (Å²) in [5.41, 5.74) is 1.25. The first kappa shape index (κ1) is 16.2. The fraction of sp³-hybridized carbons (Fsp3) is 0.200. The van der Waals surface area contributed by atoms with Crippen LogP contribution < -0.4 is 5.32 Å². The van der Waals surface area contributed by atoms with Crippen LogP contribution in [0.2, 0.25) is 0 Å². The molecule has 1 atom stereocenters. The molecule has 23 heavy (non-hydrogen) atoms. The van der Waals surface area contributed by atoms with E-state index in [2.05, 4.69) is 9.72 Å². The van der Waals surface area contributed by atoms with Gasteiger partial charge in [0.1, 0.15) is 5.52 Å². The molecule has 0 fully saturated rings. The predicted molar refractivity (Wildman–Crippen MR) is 79.1 cm³/mol. The van der Waals surface area contributed by atoms with Gasteiger partial charge in [-0.15, -0.1) is 0 Å². The van der Waals surface area contributed by atoms with Gasteiger partial charge in [0, 0.05) is 12.2 Å². The molecule has 0 spiro atoms. The quantitative estimate of drug-likeness (QED) is 0.674. The summed E-state index contributed by atoms with van der Waals surface area (Å²) in [4.78, 5) is 38.1. The van der Waals surface area contributed by atoms with Crippen LogP contribution in [0.25, 0.3) is 17.2 Å². The van der Waals surface area contributed by atoms with Gasteiger partial charge in [0.05, 0.1) is 7.11 Å². The second kappa shape index (κ2) is 7.21. The molecule has 0 aliphatic heterocycles. The SMILES string of the molecule is COC(=O)NC(=O)[C@@H](C)OC(=O)/C=C/c1nc2ccccc2o1. The number of para-hydroxylation sites is 2. The number of nitrogens with one attached hydrogen (secondary N) is 1. The summed E-state index contributed by atoms with van der Waals surface area (Å²) in [7, 11) is 1.11. The van der Waals surface area contributed by atoms with E-state index in [0.29, 0.717) is 11.1 Å². The molecule has 1 aromatic carbocycles. The Morgan fingerprint density at radius 1 is 1.30 bits per heavy atom. The van der Waals surface area contributed by atoms with Crippen molar-refractivity contribution in [2.45, 2.75) is 13.0 Å². The molecule has 8 nitrogen and oxygen atoms in total. The molecule has 0 aliphatic rings. The second-order valence-corrected chi connectivity index (χ2v) is 4.41. The molecule has 1 heterocycles. The number of benzene rings is 1. The average molecular weight is 318 g/mol. The Kier molecular flexibility index (Phi) is 5.08. The molecule has 1 aromatic heterocycles. The van der Waals surface area contributed by atoms with Gasteiger partial charge in [0.2, 0.25) is 5.89 Å².